The Hall–Kier alpha value is -1.64. The molecule has 0 unspecified atom stereocenters. The number of hydrogen-bond donors (Lipinski definition) is 0. The first kappa shape index (κ1) is 13.4. The molecule has 17 heavy (non-hydrogen) atoms. The molecule has 92 valence electrons. The van der Waals surface area contributed by atoms with Gasteiger partial charge >= 0.3 is 0 Å². The molecule has 0 radical (unpaired) electrons. The molecule has 0 saturated heterocycles. The summed E-state index contributed by atoms with van der Waals surface area (Å²) in [6.45, 7) is 4.57. The van der Waals surface area contributed by atoms with E-state index >= 15 is 0 Å². The number of ketones is 1. The SMILES string of the molecule is CCN(C)C(=O)CCC(=O)c1ccc(C)cc1. The first-order chi connectivity index (χ1) is 8.04. The second-order valence-corrected chi connectivity index (χ2v) is 4.20. The predicted molar refractivity (Wildman–Crippen MR) is 68.1 cm³/mol. The second-order valence-electron chi connectivity index (χ2n) is 4.20. The van der Waals surface area contributed by atoms with Crippen molar-refractivity contribution in [2.24, 2.45) is 0 Å². The molecule has 0 aliphatic heterocycles. The molecule has 0 spiro atoms. The molecule has 0 atom stereocenters. The van der Waals surface area contributed by atoms with Crippen LogP contribution in [0.5, 0.6) is 0 Å². The molecule has 0 aromatic heterocycles. The van der Waals surface area contributed by atoms with Crippen LogP contribution in [0.2, 0.25) is 0 Å². The molecule has 0 saturated carbocycles. The summed E-state index contributed by atoms with van der Waals surface area (Å²) in [7, 11) is 1.75. The lowest BCUT2D eigenvalue weighted by atomic mass is 10.0. The van der Waals surface area contributed by atoms with Crippen LogP contribution in [0.15, 0.2) is 24.3 Å². The largest absolute Gasteiger partial charge is 0.346 e. The van der Waals surface area contributed by atoms with Gasteiger partial charge < -0.3 is 4.90 Å². The van der Waals surface area contributed by atoms with Gasteiger partial charge in [0.15, 0.2) is 5.78 Å². The Morgan fingerprint density at radius 1 is 1.12 bits per heavy atom. The van der Waals surface area contributed by atoms with Crippen molar-refractivity contribution in [1.82, 2.24) is 4.90 Å². The molecule has 3 heteroatoms. The van der Waals surface area contributed by atoms with E-state index in [1.54, 1.807) is 11.9 Å². The van der Waals surface area contributed by atoms with Gasteiger partial charge in [0.1, 0.15) is 0 Å². The molecule has 0 N–H and O–H groups in total. The summed E-state index contributed by atoms with van der Waals surface area (Å²) in [5, 5.41) is 0. The quantitative estimate of drug-likeness (QED) is 0.732. The van der Waals surface area contributed by atoms with Crippen LogP contribution < -0.4 is 0 Å². The number of amides is 1. The topological polar surface area (TPSA) is 37.4 Å². The molecule has 1 amide bonds. The maximum atomic E-state index is 11.8. The van der Waals surface area contributed by atoms with Gasteiger partial charge in [0.25, 0.3) is 0 Å². The number of Topliss-reactive ketones (excluding diaryl/α,β-unsaturated/α-hetero) is 1. The Bertz CT molecular complexity index is 395. The summed E-state index contributed by atoms with van der Waals surface area (Å²) < 4.78 is 0. The normalized spacial score (nSPS) is 10.1. The van der Waals surface area contributed by atoms with Crippen LogP contribution in [-0.4, -0.2) is 30.2 Å². The van der Waals surface area contributed by atoms with Crippen LogP contribution >= 0.6 is 0 Å². The smallest absolute Gasteiger partial charge is 0.222 e. The van der Waals surface area contributed by atoms with E-state index in [-0.39, 0.29) is 24.5 Å². The molecule has 0 heterocycles. The van der Waals surface area contributed by atoms with E-state index in [2.05, 4.69) is 0 Å². The molecule has 0 bridgehead atoms. The Morgan fingerprint density at radius 2 is 1.71 bits per heavy atom. The third-order valence-electron chi connectivity index (χ3n) is 2.84. The first-order valence-electron chi connectivity index (χ1n) is 5.88. The van der Waals surface area contributed by atoms with Crippen LogP contribution in [0.25, 0.3) is 0 Å². The summed E-state index contributed by atoms with van der Waals surface area (Å²) in [4.78, 5) is 25.0. The lowest BCUT2D eigenvalue weighted by Gasteiger charge is -2.13. The van der Waals surface area contributed by atoms with Crippen molar-refractivity contribution < 1.29 is 9.59 Å². The van der Waals surface area contributed by atoms with E-state index in [9.17, 15) is 9.59 Å². The van der Waals surface area contributed by atoms with Crippen molar-refractivity contribution in [3.05, 3.63) is 35.4 Å². The summed E-state index contributed by atoms with van der Waals surface area (Å²) >= 11 is 0. The number of nitrogens with zero attached hydrogens (tertiary/aromatic N) is 1. The predicted octanol–water partition coefficient (Wildman–Crippen LogP) is 2.44. The molecule has 1 aromatic rings. The second kappa shape index (κ2) is 6.18. The van der Waals surface area contributed by atoms with Crippen LogP contribution in [0.1, 0.15) is 35.7 Å². The fourth-order valence-electron chi connectivity index (χ4n) is 1.47. The van der Waals surface area contributed by atoms with Gasteiger partial charge in [-0.15, -0.1) is 0 Å². The third-order valence-corrected chi connectivity index (χ3v) is 2.84. The average Bonchev–Trinajstić information content (AvgIpc) is 2.35. The highest BCUT2D eigenvalue weighted by atomic mass is 16.2. The van der Waals surface area contributed by atoms with E-state index in [1.807, 2.05) is 38.1 Å². The summed E-state index contributed by atoms with van der Waals surface area (Å²) in [6, 6.07) is 7.44. The molecule has 0 aliphatic carbocycles. The maximum absolute atomic E-state index is 11.8. The molecule has 1 aromatic carbocycles. The first-order valence-corrected chi connectivity index (χ1v) is 5.88. The Kier molecular flexibility index (Phi) is 4.88. The van der Waals surface area contributed by atoms with Gasteiger partial charge in [0.05, 0.1) is 0 Å². The zero-order valence-electron chi connectivity index (χ0n) is 10.7. The minimum absolute atomic E-state index is 0.0213. The van der Waals surface area contributed by atoms with Crippen LogP contribution in [0.3, 0.4) is 0 Å². The van der Waals surface area contributed by atoms with Crippen molar-refractivity contribution in [3.63, 3.8) is 0 Å². The fourth-order valence-corrected chi connectivity index (χ4v) is 1.47. The van der Waals surface area contributed by atoms with Gasteiger partial charge in [0.2, 0.25) is 5.91 Å². The van der Waals surface area contributed by atoms with E-state index in [4.69, 9.17) is 0 Å². The molecule has 0 fully saturated rings. The van der Waals surface area contributed by atoms with Gasteiger partial charge in [-0.25, -0.2) is 0 Å². The van der Waals surface area contributed by atoms with Crippen molar-refractivity contribution in [3.8, 4) is 0 Å². The van der Waals surface area contributed by atoms with Crippen LogP contribution in [-0.2, 0) is 4.79 Å². The van der Waals surface area contributed by atoms with Crippen LogP contribution in [0.4, 0.5) is 0 Å². The van der Waals surface area contributed by atoms with E-state index in [1.165, 1.54) is 0 Å². The highest BCUT2D eigenvalue weighted by Crippen LogP contribution is 2.08. The average molecular weight is 233 g/mol. The zero-order chi connectivity index (χ0) is 12.8. The maximum Gasteiger partial charge on any atom is 0.222 e. The molecule has 0 aliphatic rings. The number of carbonyl (C=O) groups is 2. The molecule has 1 rings (SSSR count). The molecular weight excluding hydrogens is 214 g/mol. The van der Waals surface area contributed by atoms with Crippen molar-refractivity contribution in [2.45, 2.75) is 26.7 Å². The van der Waals surface area contributed by atoms with Crippen molar-refractivity contribution in [2.75, 3.05) is 13.6 Å². The van der Waals surface area contributed by atoms with Crippen LogP contribution in [0, 0.1) is 6.92 Å². The van der Waals surface area contributed by atoms with E-state index < -0.39 is 0 Å². The minimum Gasteiger partial charge on any atom is -0.346 e. The lowest BCUT2D eigenvalue weighted by Crippen LogP contribution is -2.26. The minimum atomic E-state index is 0.0213. The standard InChI is InChI=1S/C14H19NO2/c1-4-15(3)14(17)10-9-13(16)12-7-5-11(2)6-8-12/h5-8H,4,9-10H2,1-3H3. The number of carbonyl (C=O) groups excluding carboxylic acids is 2. The Balaban J connectivity index is 2.50. The molecular formula is C14H19NO2. The number of hydrogen-bond acceptors (Lipinski definition) is 2. The third kappa shape index (κ3) is 4.02. The summed E-state index contributed by atoms with van der Waals surface area (Å²) in [5.41, 5.74) is 1.81. The number of aryl methyl sites for hydroxylation is 1. The Morgan fingerprint density at radius 3 is 2.24 bits per heavy atom. The summed E-state index contributed by atoms with van der Waals surface area (Å²) in [5.74, 6) is 0.0517. The number of benzene rings is 1. The van der Waals surface area contributed by atoms with Gasteiger partial charge in [-0.2, -0.15) is 0 Å². The fraction of sp³-hybridized carbons (Fsp3) is 0.429. The lowest BCUT2D eigenvalue weighted by molar-refractivity contribution is -0.129. The van der Waals surface area contributed by atoms with E-state index in [0.29, 0.717) is 12.1 Å². The van der Waals surface area contributed by atoms with Gasteiger partial charge in [0, 0.05) is 32.0 Å². The highest BCUT2D eigenvalue weighted by Gasteiger charge is 2.11. The van der Waals surface area contributed by atoms with Crippen molar-refractivity contribution in [1.29, 1.82) is 0 Å². The van der Waals surface area contributed by atoms with Gasteiger partial charge in [-0.3, -0.25) is 9.59 Å². The molecule has 3 nitrogen and oxygen atoms in total. The zero-order valence-corrected chi connectivity index (χ0v) is 10.7. The van der Waals surface area contributed by atoms with Crippen molar-refractivity contribution >= 4 is 11.7 Å². The van der Waals surface area contributed by atoms with Gasteiger partial charge in [-0.05, 0) is 13.8 Å². The number of rotatable bonds is 5. The van der Waals surface area contributed by atoms with E-state index in [0.717, 1.165) is 5.56 Å². The Labute approximate surface area is 102 Å². The summed E-state index contributed by atoms with van der Waals surface area (Å²) in [6.07, 6.45) is 0.573. The highest BCUT2D eigenvalue weighted by molar-refractivity contribution is 5.97. The van der Waals surface area contributed by atoms with Gasteiger partial charge in [-0.1, -0.05) is 29.8 Å². The monoisotopic (exact) mass is 233 g/mol.